The van der Waals surface area contributed by atoms with Crippen LogP contribution in [0.4, 0.5) is 4.79 Å². The SMILES string of the molecule is CC(C)CCCC(C)CCC(CCC(=O)OC(C)C)OC(=O)NCCN1CCCC1. The molecule has 1 amide bonds. The van der Waals surface area contributed by atoms with E-state index in [2.05, 4.69) is 31.0 Å². The third-order valence-electron chi connectivity index (χ3n) is 5.67. The lowest BCUT2D eigenvalue weighted by Crippen LogP contribution is -2.35. The van der Waals surface area contributed by atoms with Gasteiger partial charge in [0, 0.05) is 19.5 Å². The molecule has 0 aliphatic carbocycles. The summed E-state index contributed by atoms with van der Waals surface area (Å²) >= 11 is 0. The van der Waals surface area contributed by atoms with Gasteiger partial charge in [0.15, 0.2) is 0 Å². The van der Waals surface area contributed by atoms with Crippen LogP contribution in [0, 0.1) is 11.8 Å². The average Bonchev–Trinajstić information content (AvgIpc) is 3.16. The maximum atomic E-state index is 12.3. The Hall–Kier alpha value is -1.30. The normalized spacial score (nSPS) is 16.6. The first-order valence-electron chi connectivity index (χ1n) is 12.1. The molecule has 1 aliphatic heterocycles. The fourth-order valence-electron chi connectivity index (χ4n) is 3.87. The van der Waals surface area contributed by atoms with Crippen molar-refractivity contribution in [1.82, 2.24) is 10.2 Å². The smallest absolute Gasteiger partial charge is 0.407 e. The molecule has 30 heavy (non-hydrogen) atoms. The monoisotopic (exact) mass is 426 g/mol. The number of esters is 1. The van der Waals surface area contributed by atoms with Gasteiger partial charge in [-0.25, -0.2) is 4.79 Å². The van der Waals surface area contributed by atoms with Crippen LogP contribution in [0.5, 0.6) is 0 Å². The highest BCUT2D eigenvalue weighted by molar-refractivity contribution is 5.70. The first-order chi connectivity index (χ1) is 14.3. The summed E-state index contributed by atoms with van der Waals surface area (Å²) < 4.78 is 10.9. The third kappa shape index (κ3) is 13.8. The van der Waals surface area contributed by atoms with Crippen LogP contribution < -0.4 is 5.32 Å². The van der Waals surface area contributed by atoms with Crippen molar-refractivity contribution in [2.45, 2.75) is 105 Å². The van der Waals surface area contributed by atoms with Crippen LogP contribution in [0.15, 0.2) is 0 Å². The van der Waals surface area contributed by atoms with Crippen LogP contribution in [-0.4, -0.2) is 55.3 Å². The highest BCUT2D eigenvalue weighted by atomic mass is 16.6. The van der Waals surface area contributed by atoms with Crippen molar-refractivity contribution < 1.29 is 19.1 Å². The topological polar surface area (TPSA) is 67.9 Å². The molecule has 1 fully saturated rings. The zero-order valence-corrected chi connectivity index (χ0v) is 20.1. The van der Waals surface area contributed by atoms with Gasteiger partial charge in [0.05, 0.1) is 6.10 Å². The minimum atomic E-state index is -0.371. The van der Waals surface area contributed by atoms with Crippen LogP contribution in [0.1, 0.15) is 92.4 Å². The molecule has 0 aromatic heterocycles. The number of rotatable bonds is 15. The summed E-state index contributed by atoms with van der Waals surface area (Å²) in [5, 5.41) is 2.88. The maximum absolute atomic E-state index is 12.3. The van der Waals surface area contributed by atoms with Crippen molar-refractivity contribution in [2.75, 3.05) is 26.2 Å². The van der Waals surface area contributed by atoms with Gasteiger partial charge in [-0.2, -0.15) is 0 Å². The molecule has 0 saturated carbocycles. The van der Waals surface area contributed by atoms with E-state index in [1.54, 1.807) is 0 Å². The van der Waals surface area contributed by atoms with Gasteiger partial charge >= 0.3 is 12.1 Å². The number of alkyl carbamates (subject to hydrolysis) is 1. The summed E-state index contributed by atoms with van der Waals surface area (Å²) in [6, 6.07) is 0. The molecule has 1 saturated heterocycles. The van der Waals surface area contributed by atoms with Gasteiger partial charge in [0.1, 0.15) is 6.10 Å². The predicted molar refractivity (Wildman–Crippen MR) is 121 cm³/mol. The average molecular weight is 427 g/mol. The Bertz CT molecular complexity index is 476. The van der Waals surface area contributed by atoms with Crippen molar-refractivity contribution in [3.8, 4) is 0 Å². The third-order valence-corrected chi connectivity index (χ3v) is 5.67. The Kier molecular flexibility index (Phi) is 13.8. The van der Waals surface area contributed by atoms with Gasteiger partial charge in [-0.15, -0.1) is 0 Å². The number of carbonyl (C=O) groups excluding carboxylic acids is 2. The summed E-state index contributed by atoms with van der Waals surface area (Å²) in [5.74, 6) is 1.11. The lowest BCUT2D eigenvalue weighted by molar-refractivity contribution is -0.148. The second-order valence-corrected chi connectivity index (χ2v) is 9.59. The zero-order valence-electron chi connectivity index (χ0n) is 20.1. The highest BCUT2D eigenvalue weighted by Crippen LogP contribution is 2.20. The maximum Gasteiger partial charge on any atom is 0.407 e. The van der Waals surface area contributed by atoms with Crippen LogP contribution in [0.25, 0.3) is 0 Å². The number of nitrogens with zero attached hydrogens (tertiary/aromatic N) is 1. The number of amides is 1. The summed E-state index contributed by atoms with van der Waals surface area (Å²) in [4.78, 5) is 26.6. The Labute approximate surface area is 184 Å². The summed E-state index contributed by atoms with van der Waals surface area (Å²) in [6.45, 7) is 14.2. The molecular weight excluding hydrogens is 380 g/mol. The van der Waals surface area contributed by atoms with E-state index in [-0.39, 0.29) is 30.7 Å². The number of nitrogens with one attached hydrogen (secondary N) is 1. The Morgan fingerprint density at radius 3 is 2.23 bits per heavy atom. The van der Waals surface area contributed by atoms with Crippen LogP contribution >= 0.6 is 0 Å². The molecule has 0 radical (unpaired) electrons. The molecule has 1 rings (SSSR count). The van der Waals surface area contributed by atoms with Gasteiger partial charge < -0.3 is 19.7 Å². The summed E-state index contributed by atoms with van der Waals surface area (Å²) in [5.41, 5.74) is 0. The molecule has 6 nitrogen and oxygen atoms in total. The molecule has 176 valence electrons. The van der Waals surface area contributed by atoms with Gasteiger partial charge in [-0.1, -0.05) is 40.0 Å². The lowest BCUT2D eigenvalue weighted by atomic mass is 9.94. The minimum absolute atomic E-state index is 0.119. The first kappa shape index (κ1) is 26.7. The molecule has 1 aliphatic rings. The van der Waals surface area contributed by atoms with Gasteiger partial charge in [0.2, 0.25) is 0 Å². The quantitative estimate of drug-likeness (QED) is 0.367. The Morgan fingerprint density at radius 1 is 0.900 bits per heavy atom. The van der Waals surface area contributed by atoms with E-state index in [0.29, 0.717) is 18.9 Å². The second-order valence-electron chi connectivity index (χ2n) is 9.59. The van der Waals surface area contributed by atoms with Crippen molar-refractivity contribution in [1.29, 1.82) is 0 Å². The van der Waals surface area contributed by atoms with Crippen molar-refractivity contribution in [3.05, 3.63) is 0 Å². The van der Waals surface area contributed by atoms with Gasteiger partial charge in [-0.05, 0) is 70.9 Å². The molecule has 0 spiro atoms. The van der Waals surface area contributed by atoms with Gasteiger partial charge in [0.25, 0.3) is 0 Å². The number of hydrogen-bond donors (Lipinski definition) is 1. The molecule has 0 bridgehead atoms. The van der Waals surface area contributed by atoms with Crippen LogP contribution in [-0.2, 0) is 14.3 Å². The Balaban J connectivity index is 2.39. The molecular formula is C24H46N2O4. The van der Waals surface area contributed by atoms with E-state index in [0.717, 1.165) is 38.4 Å². The second kappa shape index (κ2) is 15.5. The first-order valence-corrected chi connectivity index (χ1v) is 12.1. The molecule has 6 heteroatoms. The lowest BCUT2D eigenvalue weighted by Gasteiger charge is -2.21. The predicted octanol–water partition coefficient (Wildman–Crippen LogP) is 5.15. The fraction of sp³-hybridized carbons (Fsp3) is 0.917. The Morgan fingerprint density at radius 2 is 1.60 bits per heavy atom. The molecule has 0 aromatic carbocycles. The van der Waals surface area contributed by atoms with E-state index >= 15 is 0 Å². The highest BCUT2D eigenvalue weighted by Gasteiger charge is 2.19. The molecule has 2 atom stereocenters. The van der Waals surface area contributed by atoms with E-state index < -0.39 is 0 Å². The number of carbonyl (C=O) groups is 2. The van der Waals surface area contributed by atoms with E-state index in [4.69, 9.17) is 9.47 Å². The minimum Gasteiger partial charge on any atom is -0.463 e. The number of hydrogen-bond acceptors (Lipinski definition) is 5. The summed E-state index contributed by atoms with van der Waals surface area (Å²) in [7, 11) is 0. The molecule has 1 N–H and O–H groups in total. The fourth-order valence-corrected chi connectivity index (χ4v) is 3.87. The van der Waals surface area contributed by atoms with E-state index in [1.165, 1.54) is 32.1 Å². The largest absolute Gasteiger partial charge is 0.463 e. The molecule has 1 heterocycles. The van der Waals surface area contributed by atoms with Gasteiger partial charge in [-0.3, -0.25) is 4.79 Å². The molecule has 2 unspecified atom stereocenters. The standard InChI is InChI=1S/C24H46N2O4/c1-19(2)9-8-10-21(5)11-12-22(13-14-23(27)29-20(3)4)30-24(28)25-15-18-26-16-6-7-17-26/h19-22H,6-18H2,1-5H3,(H,25,28). The van der Waals surface area contributed by atoms with E-state index in [9.17, 15) is 9.59 Å². The molecule has 0 aromatic rings. The van der Waals surface area contributed by atoms with Crippen molar-refractivity contribution >= 4 is 12.1 Å². The van der Waals surface area contributed by atoms with Crippen LogP contribution in [0.2, 0.25) is 0 Å². The zero-order chi connectivity index (χ0) is 22.4. The number of ether oxygens (including phenoxy) is 2. The van der Waals surface area contributed by atoms with Crippen molar-refractivity contribution in [2.24, 2.45) is 11.8 Å². The summed E-state index contributed by atoms with van der Waals surface area (Å²) in [6.07, 6.45) is 8.04. The van der Waals surface area contributed by atoms with Crippen LogP contribution in [0.3, 0.4) is 0 Å². The van der Waals surface area contributed by atoms with E-state index in [1.807, 2.05) is 13.8 Å². The van der Waals surface area contributed by atoms with Crippen molar-refractivity contribution in [3.63, 3.8) is 0 Å². The number of likely N-dealkylation sites (tertiary alicyclic amines) is 1.